The van der Waals surface area contributed by atoms with Gasteiger partial charge in [-0.1, -0.05) is 74.9 Å². The summed E-state index contributed by atoms with van der Waals surface area (Å²) < 4.78 is 97.6. The van der Waals surface area contributed by atoms with Crippen molar-refractivity contribution in [2.45, 2.75) is 26.2 Å². The predicted molar refractivity (Wildman–Crippen MR) is 170 cm³/mol. The van der Waals surface area contributed by atoms with Crippen molar-refractivity contribution in [1.29, 1.82) is 0 Å². The van der Waals surface area contributed by atoms with Gasteiger partial charge < -0.3 is 18.9 Å². The van der Waals surface area contributed by atoms with Gasteiger partial charge in [-0.2, -0.15) is 26.3 Å². The Morgan fingerprint density at radius 2 is 0.860 bits per heavy atom. The summed E-state index contributed by atoms with van der Waals surface area (Å²) in [6, 6.07) is 14.3. The maximum atomic E-state index is 13.0. The summed E-state index contributed by atoms with van der Waals surface area (Å²) >= 11 is 0. The molecule has 50 heavy (non-hydrogen) atoms. The molecule has 3 aromatic rings. The Bertz CT molecular complexity index is 1930. The minimum atomic E-state index is -5.18. The third kappa shape index (κ3) is 10.2. The quantitative estimate of drug-likeness (QED) is 0.0645. The number of halogens is 6. The molecule has 0 spiro atoms. The lowest BCUT2D eigenvalue weighted by Gasteiger charge is -2.14. The summed E-state index contributed by atoms with van der Waals surface area (Å²) in [6.45, 7) is 15.1. The molecule has 0 atom stereocenters. The number of hydrogen-bond donors (Lipinski definition) is 0. The molecule has 8 nitrogen and oxygen atoms in total. The van der Waals surface area contributed by atoms with Crippen LogP contribution in [-0.2, 0) is 19.2 Å². The molecule has 0 bridgehead atoms. The number of rotatable bonds is 11. The Balaban J connectivity index is 1.91. The topological polar surface area (TPSA) is 105 Å². The molecule has 260 valence electrons. The fraction of sp³-hybridized carbons (Fsp3) is 0.111. The number of hydrogen-bond acceptors (Lipinski definition) is 8. The van der Waals surface area contributed by atoms with Crippen LogP contribution in [0.5, 0.6) is 23.0 Å². The zero-order chi connectivity index (χ0) is 37.6. The highest BCUT2D eigenvalue weighted by atomic mass is 19.4. The summed E-state index contributed by atoms with van der Waals surface area (Å²) in [7, 11) is 0. The van der Waals surface area contributed by atoms with Crippen LogP contribution in [0.4, 0.5) is 26.3 Å². The van der Waals surface area contributed by atoms with Crippen LogP contribution in [0.15, 0.2) is 109 Å². The van der Waals surface area contributed by atoms with Gasteiger partial charge >= 0.3 is 36.2 Å². The molecular weight excluding hydrogens is 674 g/mol. The number of carbonyl (C=O) groups is 4. The Hall–Kier alpha value is -6.18. The first-order valence-electron chi connectivity index (χ1n) is 14.0. The minimum absolute atomic E-state index is 0.0326. The number of carbonyl (C=O) groups excluding carboxylic acids is 4. The lowest BCUT2D eigenvalue weighted by atomic mass is 10.0. The van der Waals surface area contributed by atoms with E-state index in [0.29, 0.717) is 16.7 Å². The molecule has 0 saturated carbocycles. The summed E-state index contributed by atoms with van der Waals surface area (Å²) in [5, 5.41) is 0. The molecular formula is C36H26F6O8. The summed E-state index contributed by atoms with van der Waals surface area (Å²) in [5.41, 5.74) is -1.66. The lowest BCUT2D eigenvalue weighted by Crippen LogP contribution is -2.25. The second-order valence-corrected chi connectivity index (χ2v) is 10.4. The molecule has 0 aliphatic heterocycles. The smallest absolute Gasteiger partial charge is 0.419 e. The number of benzene rings is 3. The van der Waals surface area contributed by atoms with Crippen LogP contribution in [-0.4, -0.2) is 36.2 Å². The predicted octanol–water partition coefficient (Wildman–Crippen LogP) is 8.53. The van der Waals surface area contributed by atoms with E-state index in [4.69, 9.17) is 14.2 Å². The molecule has 14 heteroatoms. The van der Waals surface area contributed by atoms with Crippen LogP contribution >= 0.6 is 0 Å². The second-order valence-electron chi connectivity index (χ2n) is 10.4. The van der Waals surface area contributed by atoms with Crippen LogP contribution < -0.4 is 18.9 Å². The van der Waals surface area contributed by atoms with Gasteiger partial charge in [-0.15, -0.1) is 0 Å². The average Bonchev–Trinajstić information content (AvgIpc) is 3.03. The van der Waals surface area contributed by atoms with Crippen molar-refractivity contribution >= 4 is 36.0 Å². The molecule has 0 aromatic heterocycles. The third-order valence-electron chi connectivity index (χ3n) is 6.31. The van der Waals surface area contributed by atoms with E-state index in [-0.39, 0.29) is 28.2 Å². The summed E-state index contributed by atoms with van der Waals surface area (Å²) in [5.74, 6) is -7.13. The highest BCUT2D eigenvalue weighted by Crippen LogP contribution is 2.36. The monoisotopic (exact) mass is 700 g/mol. The van der Waals surface area contributed by atoms with Crippen molar-refractivity contribution < 1.29 is 64.5 Å². The lowest BCUT2D eigenvalue weighted by molar-refractivity contribution is -0.145. The van der Waals surface area contributed by atoms with Gasteiger partial charge in [-0.25, -0.2) is 19.2 Å². The normalized spacial score (nSPS) is 11.4. The molecule has 0 fully saturated rings. The van der Waals surface area contributed by atoms with E-state index in [2.05, 4.69) is 31.1 Å². The molecule has 0 aliphatic rings. The van der Waals surface area contributed by atoms with Gasteiger partial charge in [0, 0.05) is 11.1 Å². The largest absolute Gasteiger partial charge is 0.422 e. The molecule has 0 heterocycles. The number of esters is 4. The highest BCUT2D eigenvalue weighted by Gasteiger charge is 2.40. The molecule has 0 amide bonds. The first kappa shape index (κ1) is 38.3. The van der Waals surface area contributed by atoms with Crippen molar-refractivity contribution in [2.75, 3.05) is 0 Å². The van der Waals surface area contributed by atoms with Crippen molar-refractivity contribution in [3.63, 3.8) is 0 Å². The van der Waals surface area contributed by atoms with Gasteiger partial charge in [0.1, 0.15) is 11.1 Å². The van der Waals surface area contributed by atoms with Crippen LogP contribution in [0.3, 0.4) is 0 Å². The number of alkyl halides is 6. The third-order valence-corrected chi connectivity index (χ3v) is 6.31. The van der Waals surface area contributed by atoms with Crippen molar-refractivity contribution in [3.8, 4) is 34.1 Å². The van der Waals surface area contributed by atoms with E-state index >= 15 is 0 Å². The van der Waals surface area contributed by atoms with Crippen LogP contribution in [0.2, 0.25) is 0 Å². The first-order chi connectivity index (χ1) is 23.2. The Morgan fingerprint density at radius 3 is 1.34 bits per heavy atom. The molecule has 3 aromatic carbocycles. The summed E-state index contributed by atoms with van der Waals surface area (Å²) in [4.78, 5) is 48.3. The Morgan fingerprint density at radius 1 is 0.500 bits per heavy atom. The van der Waals surface area contributed by atoms with Crippen LogP contribution in [0.1, 0.15) is 25.0 Å². The molecule has 0 unspecified atom stereocenters. The van der Waals surface area contributed by atoms with E-state index in [1.54, 1.807) is 30.3 Å². The zero-order valence-electron chi connectivity index (χ0n) is 26.3. The van der Waals surface area contributed by atoms with E-state index in [1.807, 2.05) is 0 Å². The van der Waals surface area contributed by atoms with Crippen molar-refractivity contribution in [1.82, 2.24) is 0 Å². The van der Waals surface area contributed by atoms with Crippen LogP contribution in [0.25, 0.3) is 23.3 Å². The molecule has 0 N–H and O–H groups in total. The van der Waals surface area contributed by atoms with Gasteiger partial charge in [0.05, 0.1) is 0 Å². The Kier molecular flexibility index (Phi) is 11.8. The zero-order valence-corrected chi connectivity index (χ0v) is 26.3. The Labute approximate surface area is 281 Å². The SMILES string of the molecule is C=C(C)C(=O)Oc1ccc(-c2ccc(/C=C/c3ccc(OC(=O)C(=C)C(F)(F)F)c(OC(=O)C(=C)C(F)(F)F)c3)cc2)cc1OC(=O)C(=C)C. The maximum absolute atomic E-state index is 13.0. The van der Waals surface area contributed by atoms with Crippen molar-refractivity contribution in [2.24, 2.45) is 0 Å². The van der Waals surface area contributed by atoms with Gasteiger partial charge in [0.25, 0.3) is 0 Å². The summed E-state index contributed by atoms with van der Waals surface area (Å²) in [6.07, 6.45) is -7.39. The molecule has 0 radical (unpaired) electrons. The first-order valence-corrected chi connectivity index (χ1v) is 14.0. The maximum Gasteiger partial charge on any atom is 0.422 e. The average molecular weight is 701 g/mol. The molecule has 0 aliphatic carbocycles. The highest BCUT2D eigenvalue weighted by molar-refractivity contribution is 5.94. The van der Waals surface area contributed by atoms with E-state index in [0.717, 1.165) is 12.1 Å². The fourth-order valence-corrected chi connectivity index (χ4v) is 3.55. The second kappa shape index (κ2) is 15.4. The standard InChI is InChI=1S/C36H26F6O8/c1-19(2)31(43)47-28-16-14-26(18-30(28)49-32(44)20(3)4)25-12-9-23(10-13-25)7-8-24-11-15-27(48-33(45)21(5)35(37,38)39)29(17-24)50-34(46)22(6)36(40,41)42/h7-18H,1,3,5-6H2,2,4H3/b8-7+. The van der Waals surface area contributed by atoms with E-state index in [9.17, 15) is 45.5 Å². The van der Waals surface area contributed by atoms with Crippen LogP contribution in [0, 0.1) is 0 Å². The van der Waals surface area contributed by atoms with E-state index in [1.165, 1.54) is 44.2 Å². The van der Waals surface area contributed by atoms with Gasteiger partial charge in [0.2, 0.25) is 0 Å². The van der Waals surface area contributed by atoms with Gasteiger partial charge in [0.15, 0.2) is 23.0 Å². The van der Waals surface area contributed by atoms with Gasteiger partial charge in [-0.3, -0.25) is 0 Å². The molecule has 3 rings (SSSR count). The van der Waals surface area contributed by atoms with Crippen molar-refractivity contribution in [3.05, 3.63) is 120 Å². The fourth-order valence-electron chi connectivity index (χ4n) is 3.55. The minimum Gasteiger partial charge on any atom is -0.419 e. The molecule has 0 saturated heterocycles. The van der Waals surface area contributed by atoms with E-state index < -0.39 is 58.9 Å². The van der Waals surface area contributed by atoms with Gasteiger partial charge in [-0.05, 0) is 60.4 Å². The number of ether oxygens (including phenoxy) is 4.